The van der Waals surface area contributed by atoms with Gasteiger partial charge in [-0.15, -0.1) is 0 Å². The van der Waals surface area contributed by atoms with Crippen molar-refractivity contribution in [2.24, 2.45) is 0 Å². The molecule has 1 heterocycles. The molecule has 0 amide bonds. The standard InChI is InChI=1S/C20H22N2O/c1-15(18-7-3-4-8-20(18)23-2)11-13-21-17-9-10-19-16(14-17)6-5-12-22-19/h3-10,12,14-15,21H,11,13H2,1-2H3. The molecule has 1 atom stereocenters. The van der Waals surface area contributed by atoms with E-state index in [-0.39, 0.29) is 0 Å². The van der Waals surface area contributed by atoms with Crippen LogP contribution in [0.25, 0.3) is 10.9 Å². The van der Waals surface area contributed by atoms with Crippen molar-refractivity contribution in [2.75, 3.05) is 19.0 Å². The highest BCUT2D eigenvalue weighted by Crippen LogP contribution is 2.28. The van der Waals surface area contributed by atoms with Gasteiger partial charge in [-0.05, 0) is 48.2 Å². The quantitative estimate of drug-likeness (QED) is 0.707. The van der Waals surface area contributed by atoms with E-state index < -0.39 is 0 Å². The van der Waals surface area contributed by atoms with E-state index in [4.69, 9.17) is 4.74 Å². The number of ether oxygens (including phenoxy) is 1. The molecule has 0 aliphatic rings. The molecule has 0 bridgehead atoms. The van der Waals surface area contributed by atoms with Crippen LogP contribution in [0.4, 0.5) is 5.69 Å². The van der Waals surface area contributed by atoms with Crippen LogP contribution in [0.5, 0.6) is 5.75 Å². The topological polar surface area (TPSA) is 34.1 Å². The highest BCUT2D eigenvalue weighted by molar-refractivity contribution is 5.82. The molecule has 3 nitrogen and oxygen atoms in total. The molecule has 0 saturated carbocycles. The van der Waals surface area contributed by atoms with Gasteiger partial charge in [0.2, 0.25) is 0 Å². The molecule has 1 N–H and O–H groups in total. The monoisotopic (exact) mass is 306 g/mol. The Morgan fingerprint density at radius 3 is 2.83 bits per heavy atom. The smallest absolute Gasteiger partial charge is 0.122 e. The maximum Gasteiger partial charge on any atom is 0.122 e. The second kappa shape index (κ2) is 7.14. The Balaban J connectivity index is 1.61. The summed E-state index contributed by atoms with van der Waals surface area (Å²) < 4.78 is 5.45. The van der Waals surface area contributed by atoms with Crippen LogP contribution in [0.1, 0.15) is 24.8 Å². The molecule has 0 fully saturated rings. The van der Waals surface area contributed by atoms with Gasteiger partial charge < -0.3 is 10.1 Å². The normalized spacial score (nSPS) is 12.1. The maximum atomic E-state index is 5.45. The van der Waals surface area contributed by atoms with Crippen molar-refractivity contribution >= 4 is 16.6 Å². The summed E-state index contributed by atoms with van der Waals surface area (Å²) in [5.41, 5.74) is 3.43. The number of hydrogen-bond acceptors (Lipinski definition) is 3. The molecule has 0 aliphatic carbocycles. The molecule has 23 heavy (non-hydrogen) atoms. The lowest BCUT2D eigenvalue weighted by Crippen LogP contribution is -2.07. The van der Waals surface area contributed by atoms with Gasteiger partial charge >= 0.3 is 0 Å². The van der Waals surface area contributed by atoms with Crippen LogP contribution >= 0.6 is 0 Å². The van der Waals surface area contributed by atoms with E-state index in [0.29, 0.717) is 5.92 Å². The predicted octanol–water partition coefficient (Wildman–Crippen LogP) is 4.85. The Bertz CT molecular complexity index is 785. The number of hydrogen-bond donors (Lipinski definition) is 1. The minimum Gasteiger partial charge on any atom is -0.496 e. The molecule has 3 aromatic rings. The number of rotatable bonds is 6. The van der Waals surface area contributed by atoms with Crippen molar-refractivity contribution in [1.29, 1.82) is 0 Å². The van der Waals surface area contributed by atoms with Crippen molar-refractivity contribution in [3.63, 3.8) is 0 Å². The van der Waals surface area contributed by atoms with Gasteiger partial charge in [-0.2, -0.15) is 0 Å². The van der Waals surface area contributed by atoms with Crippen molar-refractivity contribution in [2.45, 2.75) is 19.3 Å². The molecule has 0 radical (unpaired) electrons. The van der Waals surface area contributed by atoms with Gasteiger partial charge in [0.1, 0.15) is 5.75 Å². The van der Waals surface area contributed by atoms with E-state index in [1.807, 2.05) is 24.4 Å². The summed E-state index contributed by atoms with van der Waals surface area (Å²) >= 11 is 0. The molecule has 2 aromatic carbocycles. The Kier molecular flexibility index (Phi) is 4.77. The van der Waals surface area contributed by atoms with E-state index in [1.54, 1.807) is 7.11 Å². The van der Waals surface area contributed by atoms with Crippen LogP contribution < -0.4 is 10.1 Å². The van der Waals surface area contributed by atoms with Crippen LogP contribution in [0, 0.1) is 0 Å². The lowest BCUT2D eigenvalue weighted by atomic mass is 9.97. The number of aromatic nitrogens is 1. The number of nitrogens with one attached hydrogen (secondary N) is 1. The number of nitrogens with zero attached hydrogens (tertiary/aromatic N) is 1. The molecular formula is C20H22N2O. The first-order valence-electron chi connectivity index (χ1n) is 7.99. The fourth-order valence-electron chi connectivity index (χ4n) is 2.85. The molecular weight excluding hydrogens is 284 g/mol. The van der Waals surface area contributed by atoms with Crippen molar-refractivity contribution in [3.8, 4) is 5.75 Å². The van der Waals surface area contributed by atoms with E-state index in [9.17, 15) is 0 Å². The van der Waals surface area contributed by atoms with Gasteiger partial charge in [-0.3, -0.25) is 4.98 Å². The Hall–Kier alpha value is -2.55. The fraction of sp³-hybridized carbons (Fsp3) is 0.250. The van der Waals surface area contributed by atoms with Gasteiger partial charge in [0, 0.05) is 23.8 Å². The average molecular weight is 306 g/mol. The predicted molar refractivity (Wildman–Crippen MR) is 96.3 cm³/mol. The minimum absolute atomic E-state index is 0.445. The van der Waals surface area contributed by atoms with Crippen LogP contribution in [0.2, 0.25) is 0 Å². The molecule has 3 rings (SSSR count). The van der Waals surface area contributed by atoms with Gasteiger partial charge in [0.15, 0.2) is 0 Å². The van der Waals surface area contributed by atoms with E-state index in [1.165, 1.54) is 5.56 Å². The lowest BCUT2D eigenvalue weighted by molar-refractivity contribution is 0.405. The van der Waals surface area contributed by atoms with Crippen molar-refractivity contribution < 1.29 is 4.74 Å². The highest BCUT2D eigenvalue weighted by atomic mass is 16.5. The summed E-state index contributed by atoms with van der Waals surface area (Å²) in [6.07, 6.45) is 2.87. The Labute approximate surface area is 137 Å². The van der Waals surface area contributed by atoms with Crippen LogP contribution in [-0.2, 0) is 0 Å². The summed E-state index contributed by atoms with van der Waals surface area (Å²) in [5, 5.41) is 4.67. The second-order valence-electron chi connectivity index (χ2n) is 5.77. The number of anilines is 1. The third-order valence-electron chi connectivity index (χ3n) is 4.18. The Morgan fingerprint density at radius 1 is 1.09 bits per heavy atom. The molecule has 118 valence electrons. The number of para-hydroxylation sites is 1. The van der Waals surface area contributed by atoms with Crippen LogP contribution in [-0.4, -0.2) is 18.6 Å². The molecule has 3 heteroatoms. The van der Waals surface area contributed by atoms with Crippen molar-refractivity contribution in [3.05, 3.63) is 66.4 Å². The highest BCUT2D eigenvalue weighted by Gasteiger charge is 2.10. The number of methoxy groups -OCH3 is 1. The maximum absolute atomic E-state index is 5.45. The third-order valence-corrected chi connectivity index (χ3v) is 4.18. The van der Waals surface area contributed by atoms with E-state index >= 15 is 0 Å². The fourth-order valence-corrected chi connectivity index (χ4v) is 2.85. The number of pyridine rings is 1. The molecule has 0 aliphatic heterocycles. The Morgan fingerprint density at radius 2 is 1.96 bits per heavy atom. The molecule has 0 saturated heterocycles. The van der Waals surface area contributed by atoms with Crippen molar-refractivity contribution in [1.82, 2.24) is 4.98 Å². The van der Waals surface area contributed by atoms with Gasteiger partial charge in [-0.1, -0.05) is 31.2 Å². The second-order valence-corrected chi connectivity index (χ2v) is 5.77. The zero-order chi connectivity index (χ0) is 16.1. The number of benzene rings is 2. The first-order valence-corrected chi connectivity index (χ1v) is 7.99. The van der Waals surface area contributed by atoms with E-state index in [2.05, 4.69) is 53.6 Å². The van der Waals surface area contributed by atoms with Crippen LogP contribution in [0.15, 0.2) is 60.8 Å². The third kappa shape index (κ3) is 3.62. The van der Waals surface area contributed by atoms with Crippen LogP contribution in [0.3, 0.4) is 0 Å². The average Bonchev–Trinajstić information content (AvgIpc) is 2.61. The number of fused-ring (bicyclic) bond motifs is 1. The molecule has 1 unspecified atom stereocenters. The summed E-state index contributed by atoms with van der Waals surface area (Å²) in [6, 6.07) is 18.6. The summed E-state index contributed by atoms with van der Waals surface area (Å²) in [4.78, 5) is 4.35. The summed E-state index contributed by atoms with van der Waals surface area (Å²) in [7, 11) is 1.73. The summed E-state index contributed by atoms with van der Waals surface area (Å²) in [6.45, 7) is 3.16. The van der Waals surface area contributed by atoms with Gasteiger partial charge in [0.05, 0.1) is 12.6 Å². The van der Waals surface area contributed by atoms with E-state index in [0.717, 1.165) is 35.3 Å². The largest absolute Gasteiger partial charge is 0.496 e. The van der Waals surface area contributed by atoms with Gasteiger partial charge in [0.25, 0.3) is 0 Å². The molecule has 1 aromatic heterocycles. The summed E-state index contributed by atoms with van der Waals surface area (Å²) in [5.74, 6) is 1.41. The zero-order valence-electron chi connectivity index (χ0n) is 13.6. The molecule has 0 spiro atoms. The first-order chi connectivity index (χ1) is 11.3. The minimum atomic E-state index is 0.445. The first kappa shape index (κ1) is 15.3. The SMILES string of the molecule is COc1ccccc1C(C)CCNc1ccc2ncccc2c1. The zero-order valence-corrected chi connectivity index (χ0v) is 13.6. The lowest BCUT2D eigenvalue weighted by Gasteiger charge is -2.16. The van der Waals surface area contributed by atoms with Gasteiger partial charge in [-0.25, -0.2) is 0 Å².